The Morgan fingerprint density at radius 2 is 1.89 bits per heavy atom. The number of carboxylic acid groups (broad SMARTS) is 1. The number of hydrogen-bond acceptors (Lipinski definition) is 3. The third-order valence-corrected chi connectivity index (χ3v) is 12.2. The minimum atomic E-state index is -1.87. The van der Waals surface area contributed by atoms with Crippen molar-refractivity contribution in [3.63, 3.8) is 0 Å². The second-order valence-corrected chi connectivity index (χ2v) is 15.6. The van der Waals surface area contributed by atoms with Gasteiger partial charge in [0.1, 0.15) is 0 Å². The lowest BCUT2D eigenvalue weighted by Crippen LogP contribution is -2.46. The van der Waals surface area contributed by atoms with E-state index in [2.05, 4.69) is 39.9 Å². The molecule has 1 unspecified atom stereocenters. The van der Waals surface area contributed by atoms with E-state index in [1.165, 1.54) is 32.1 Å². The van der Waals surface area contributed by atoms with Gasteiger partial charge in [-0.1, -0.05) is 58.6 Å². The van der Waals surface area contributed by atoms with E-state index in [0.29, 0.717) is 12.3 Å². The first-order chi connectivity index (χ1) is 12.9. The highest BCUT2D eigenvalue weighted by molar-refractivity contribution is 6.74. The van der Waals surface area contributed by atoms with Crippen LogP contribution < -0.4 is 0 Å². The summed E-state index contributed by atoms with van der Waals surface area (Å²) in [6.45, 7) is 13.4. The van der Waals surface area contributed by atoms with Crippen molar-refractivity contribution in [1.82, 2.24) is 0 Å². The van der Waals surface area contributed by atoms with Crippen LogP contribution in [0, 0.1) is 11.3 Å². The van der Waals surface area contributed by atoms with Crippen LogP contribution >= 0.6 is 0 Å². The van der Waals surface area contributed by atoms with Gasteiger partial charge in [0.15, 0.2) is 8.32 Å². The van der Waals surface area contributed by atoms with E-state index in [4.69, 9.17) is 4.43 Å². The fourth-order valence-corrected chi connectivity index (χ4v) is 6.06. The first-order valence-electron chi connectivity index (χ1n) is 11.1. The zero-order chi connectivity index (χ0) is 21.2. The van der Waals surface area contributed by atoms with Crippen LogP contribution in [0.1, 0.15) is 85.5 Å². The molecule has 1 saturated carbocycles. The van der Waals surface area contributed by atoms with Crippen LogP contribution in [-0.4, -0.2) is 36.7 Å². The number of carbonyl (C=O) groups is 1. The van der Waals surface area contributed by atoms with Gasteiger partial charge < -0.3 is 14.6 Å². The lowest BCUT2D eigenvalue weighted by molar-refractivity contribution is -0.140. The Bertz CT molecular complexity index is 572. The molecular formula is C23H42O4Si. The van der Waals surface area contributed by atoms with Gasteiger partial charge in [-0.05, 0) is 56.2 Å². The summed E-state index contributed by atoms with van der Waals surface area (Å²) in [6.07, 6.45) is 10.5. The maximum atomic E-state index is 11.4. The second-order valence-electron chi connectivity index (χ2n) is 10.8. The number of aliphatic hydroxyl groups excluding tert-OH is 1. The molecule has 0 aromatic heterocycles. The fourth-order valence-electron chi connectivity index (χ4n) is 4.64. The number of rotatable bonds is 8. The topological polar surface area (TPSA) is 66.8 Å². The summed E-state index contributed by atoms with van der Waals surface area (Å²) in [5.41, 5.74) is 0.474. The third kappa shape index (κ3) is 5.48. The maximum absolute atomic E-state index is 11.4. The van der Waals surface area contributed by atoms with Crippen molar-refractivity contribution in [2.45, 2.75) is 116 Å². The molecule has 1 fully saturated rings. The third-order valence-electron chi connectivity index (χ3n) is 7.70. The summed E-state index contributed by atoms with van der Waals surface area (Å²) in [5, 5.41) is 20.0. The zero-order valence-corrected chi connectivity index (χ0v) is 19.9. The molecule has 2 aliphatic rings. The van der Waals surface area contributed by atoms with Gasteiger partial charge in [-0.3, -0.25) is 4.79 Å². The normalized spacial score (nSPS) is 28.2. The van der Waals surface area contributed by atoms with Crippen molar-refractivity contribution in [3.05, 3.63) is 11.6 Å². The van der Waals surface area contributed by atoms with E-state index in [-0.39, 0.29) is 17.6 Å². The smallest absolute Gasteiger partial charge is 0.304 e. The molecule has 0 spiro atoms. The highest BCUT2D eigenvalue weighted by Gasteiger charge is 2.44. The summed E-state index contributed by atoms with van der Waals surface area (Å²) in [6, 6.07) is 0. The minimum absolute atomic E-state index is 0.00279. The Balaban J connectivity index is 2.13. The van der Waals surface area contributed by atoms with Crippen LogP contribution in [0.5, 0.6) is 0 Å². The molecule has 28 heavy (non-hydrogen) atoms. The maximum Gasteiger partial charge on any atom is 0.304 e. The molecule has 2 N–H and O–H groups in total. The van der Waals surface area contributed by atoms with Gasteiger partial charge in [0, 0.05) is 11.5 Å². The summed E-state index contributed by atoms with van der Waals surface area (Å²) in [4.78, 5) is 11.4. The molecule has 0 radical (unpaired) electrons. The van der Waals surface area contributed by atoms with Gasteiger partial charge in [-0.2, -0.15) is 0 Å². The van der Waals surface area contributed by atoms with Crippen LogP contribution in [0.3, 0.4) is 0 Å². The van der Waals surface area contributed by atoms with Crippen LogP contribution in [0.4, 0.5) is 0 Å². The van der Waals surface area contributed by atoms with Gasteiger partial charge in [0.05, 0.1) is 12.5 Å². The van der Waals surface area contributed by atoms with Crippen molar-refractivity contribution >= 4 is 14.3 Å². The van der Waals surface area contributed by atoms with E-state index in [0.717, 1.165) is 18.4 Å². The largest absolute Gasteiger partial charge is 0.481 e. The summed E-state index contributed by atoms with van der Waals surface area (Å²) in [5.74, 6) is -0.226. The number of carboxylic acids is 1. The lowest BCUT2D eigenvalue weighted by atomic mass is 9.75. The van der Waals surface area contributed by atoms with E-state index < -0.39 is 25.8 Å². The molecule has 0 aliphatic heterocycles. The molecule has 0 bridgehead atoms. The highest BCUT2D eigenvalue weighted by atomic mass is 28.4. The van der Waals surface area contributed by atoms with Crippen LogP contribution in [0.25, 0.3) is 0 Å². The second kappa shape index (κ2) is 9.01. The van der Waals surface area contributed by atoms with E-state index in [9.17, 15) is 15.0 Å². The summed E-state index contributed by atoms with van der Waals surface area (Å²) < 4.78 is 6.91. The van der Waals surface area contributed by atoms with Crippen molar-refractivity contribution in [2.75, 3.05) is 0 Å². The van der Waals surface area contributed by atoms with Crippen LogP contribution in [0.2, 0.25) is 18.1 Å². The van der Waals surface area contributed by atoms with E-state index >= 15 is 0 Å². The Kier molecular flexibility index (Phi) is 7.60. The molecule has 4 nitrogen and oxygen atoms in total. The van der Waals surface area contributed by atoms with E-state index in [1.54, 1.807) is 0 Å². The molecule has 3 atom stereocenters. The molecule has 0 aromatic rings. The SMILES string of the molecule is CC(C)(C)[Si](C)(C)OC(CCC1=CC[C@H](O)[C@]1(C)CC(=O)O)C1CCCCC1. The standard InChI is InChI=1S/C23H42O4Si/c1-22(2,3)28(5,6)27-19(17-10-8-7-9-11-17)14-12-18-13-15-20(24)23(18,4)16-21(25)26/h13,17,19-20,24H,7-12,14-16H2,1-6H3,(H,25,26)/t19?,20-,23+/m0/s1. The van der Waals surface area contributed by atoms with E-state index in [1.807, 2.05) is 6.92 Å². The molecule has 0 saturated heterocycles. The van der Waals surface area contributed by atoms with Gasteiger partial charge >= 0.3 is 5.97 Å². The predicted molar refractivity (Wildman–Crippen MR) is 117 cm³/mol. The minimum Gasteiger partial charge on any atom is -0.481 e. The van der Waals surface area contributed by atoms with Crippen LogP contribution in [-0.2, 0) is 9.22 Å². The average Bonchev–Trinajstić information content (AvgIpc) is 2.85. The van der Waals surface area contributed by atoms with Crippen molar-refractivity contribution in [1.29, 1.82) is 0 Å². The molecule has 162 valence electrons. The molecular weight excluding hydrogens is 368 g/mol. The number of hydrogen-bond donors (Lipinski definition) is 2. The van der Waals surface area contributed by atoms with Gasteiger partial charge in [-0.25, -0.2) is 0 Å². The van der Waals surface area contributed by atoms with Gasteiger partial charge in [-0.15, -0.1) is 0 Å². The number of aliphatic carboxylic acids is 1. The molecule has 0 amide bonds. The first-order valence-corrected chi connectivity index (χ1v) is 14.0. The monoisotopic (exact) mass is 410 g/mol. The quantitative estimate of drug-likeness (QED) is 0.385. The Morgan fingerprint density at radius 3 is 2.43 bits per heavy atom. The number of aliphatic hydroxyl groups is 1. The Hall–Kier alpha value is -0.653. The zero-order valence-electron chi connectivity index (χ0n) is 18.9. The molecule has 0 heterocycles. The van der Waals surface area contributed by atoms with Crippen molar-refractivity contribution in [3.8, 4) is 0 Å². The molecule has 2 aliphatic carbocycles. The fraction of sp³-hybridized carbons (Fsp3) is 0.870. The first kappa shape index (κ1) is 23.6. The molecule has 5 heteroatoms. The van der Waals surface area contributed by atoms with Crippen molar-refractivity contribution < 1.29 is 19.4 Å². The van der Waals surface area contributed by atoms with Crippen molar-refractivity contribution in [2.24, 2.45) is 11.3 Å². The predicted octanol–water partition coefficient (Wildman–Crippen LogP) is 5.91. The summed E-state index contributed by atoms with van der Waals surface area (Å²) >= 11 is 0. The molecule has 0 aromatic carbocycles. The van der Waals surface area contributed by atoms with Gasteiger partial charge in [0.2, 0.25) is 0 Å². The highest BCUT2D eigenvalue weighted by Crippen LogP contribution is 2.46. The Labute approximate surface area is 172 Å². The van der Waals surface area contributed by atoms with Gasteiger partial charge in [0.25, 0.3) is 0 Å². The lowest BCUT2D eigenvalue weighted by Gasteiger charge is -2.43. The average molecular weight is 411 g/mol. The van der Waals surface area contributed by atoms with Crippen LogP contribution in [0.15, 0.2) is 11.6 Å². The Morgan fingerprint density at radius 1 is 1.29 bits per heavy atom. The molecule has 2 rings (SSSR count). The summed E-state index contributed by atoms with van der Waals surface area (Å²) in [7, 11) is -1.87.